The van der Waals surface area contributed by atoms with E-state index in [9.17, 15) is 25.2 Å². The van der Waals surface area contributed by atoms with Crippen LogP contribution >= 0.6 is 23.4 Å². The molecule has 5 rings (SSSR count). The number of nitrogens with one attached hydrogen (secondary N) is 1. The molecule has 248 valence electrons. The van der Waals surface area contributed by atoms with E-state index < -0.39 is 31.0 Å². The standard InChI is InChI=1S/C34H42ClN3O7S/c1-21(40)38(19-29(41)32(43)33(44)30(42)20-39)14-15-46-24-8-9-28(35)22(16-24)17-37-34(11-12-34)27-18-36-13-10-25(27)26-4-2-3-5-31(26)45-23-6-7-23/h2-5,8-10,13,16,18,23,29-30,32-33,37,39,41-44H,6-7,11-12,14-15,17,19-20H2,1H3/t29-,30+,32+,33+/m0/s1. The van der Waals surface area contributed by atoms with Crippen molar-refractivity contribution in [2.75, 3.05) is 25.4 Å². The van der Waals surface area contributed by atoms with Crippen LogP contribution in [0.5, 0.6) is 5.75 Å². The maximum Gasteiger partial charge on any atom is 0.219 e. The van der Waals surface area contributed by atoms with Crippen molar-refractivity contribution in [3.8, 4) is 16.9 Å². The zero-order chi connectivity index (χ0) is 32.8. The summed E-state index contributed by atoms with van der Waals surface area (Å²) < 4.78 is 6.24. The number of aliphatic hydroxyl groups excluding tert-OH is 5. The number of hydrogen-bond donors (Lipinski definition) is 6. The molecule has 2 fully saturated rings. The fraction of sp³-hybridized carbons (Fsp3) is 0.471. The Morgan fingerprint density at radius 1 is 1.09 bits per heavy atom. The quantitative estimate of drug-likeness (QED) is 0.118. The number of thioether (sulfide) groups is 1. The van der Waals surface area contributed by atoms with Gasteiger partial charge in [0.05, 0.1) is 12.7 Å². The summed E-state index contributed by atoms with van der Waals surface area (Å²) in [6, 6.07) is 16.0. The van der Waals surface area contributed by atoms with E-state index in [0.29, 0.717) is 23.4 Å². The van der Waals surface area contributed by atoms with Gasteiger partial charge in [-0.1, -0.05) is 29.8 Å². The first-order chi connectivity index (χ1) is 22.1. The minimum atomic E-state index is -1.75. The second-order valence-electron chi connectivity index (χ2n) is 12.0. The lowest BCUT2D eigenvalue weighted by Gasteiger charge is -2.30. The van der Waals surface area contributed by atoms with E-state index in [1.807, 2.05) is 48.8 Å². The van der Waals surface area contributed by atoms with Gasteiger partial charge in [-0.3, -0.25) is 9.78 Å². The number of nitrogens with zero attached hydrogens (tertiary/aromatic N) is 2. The van der Waals surface area contributed by atoms with Crippen LogP contribution in [0, 0.1) is 0 Å². The number of pyridine rings is 1. The van der Waals surface area contributed by atoms with Gasteiger partial charge in [0.15, 0.2) is 0 Å². The summed E-state index contributed by atoms with van der Waals surface area (Å²) in [4.78, 5) is 19.0. The lowest BCUT2D eigenvalue weighted by atomic mass is 9.94. The summed E-state index contributed by atoms with van der Waals surface area (Å²) in [5, 5.41) is 53.4. The smallest absolute Gasteiger partial charge is 0.219 e. The molecule has 3 aromatic rings. The van der Waals surface area contributed by atoms with E-state index in [0.717, 1.165) is 58.6 Å². The van der Waals surface area contributed by atoms with Crippen LogP contribution in [0.4, 0.5) is 0 Å². The van der Waals surface area contributed by atoms with Crippen LogP contribution in [0.2, 0.25) is 5.02 Å². The first kappa shape index (κ1) is 34.6. The van der Waals surface area contributed by atoms with E-state index in [1.165, 1.54) is 23.6 Å². The Bertz CT molecular complexity index is 1490. The van der Waals surface area contributed by atoms with E-state index in [-0.39, 0.29) is 24.5 Å². The van der Waals surface area contributed by atoms with Gasteiger partial charge in [0, 0.05) is 65.7 Å². The molecule has 10 nitrogen and oxygen atoms in total. The van der Waals surface area contributed by atoms with Gasteiger partial charge >= 0.3 is 0 Å². The van der Waals surface area contributed by atoms with Gasteiger partial charge in [-0.2, -0.15) is 0 Å². The van der Waals surface area contributed by atoms with Crippen LogP contribution in [-0.4, -0.2) is 97.3 Å². The lowest BCUT2D eigenvalue weighted by Crippen LogP contribution is -2.50. The first-order valence-electron chi connectivity index (χ1n) is 15.6. The number of ether oxygens (including phenoxy) is 1. The second-order valence-corrected chi connectivity index (χ2v) is 13.6. The highest BCUT2D eigenvalue weighted by Gasteiger charge is 2.46. The molecule has 1 aromatic heterocycles. The third-order valence-electron chi connectivity index (χ3n) is 8.52. The first-order valence-corrected chi connectivity index (χ1v) is 16.9. The molecule has 1 amide bonds. The van der Waals surface area contributed by atoms with Gasteiger partial charge in [0.2, 0.25) is 5.91 Å². The van der Waals surface area contributed by atoms with E-state index in [2.05, 4.69) is 22.4 Å². The summed E-state index contributed by atoms with van der Waals surface area (Å²) in [7, 11) is 0. The number of benzene rings is 2. The minimum Gasteiger partial charge on any atom is -0.490 e. The van der Waals surface area contributed by atoms with Crippen LogP contribution in [0.3, 0.4) is 0 Å². The van der Waals surface area contributed by atoms with E-state index in [1.54, 1.807) is 0 Å². The van der Waals surface area contributed by atoms with Crippen LogP contribution in [0.25, 0.3) is 11.1 Å². The van der Waals surface area contributed by atoms with E-state index in [4.69, 9.17) is 21.4 Å². The summed E-state index contributed by atoms with van der Waals surface area (Å²) in [6.45, 7) is 1.17. The lowest BCUT2D eigenvalue weighted by molar-refractivity contribution is -0.137. The van der Waals surface area contributed by atoms with Gasteiger partial charge in [0.25, 0.3) is 0 Å². The van der Waals surface area contributed by atoms with Crippen LogP contribution in [0.1, 0.15) is 43.7 Å². The summed E-state index contributed by atoms with van der Waals surface area (Å²) in [5.41, 5.74) is 4.03. The highest BCUT2D eigenvalue weighted by molar-refractivity contribution is 7.99. The molecule has 0 unspecified atom stereocenters. The molecule has 46 heavy (non-hydrogen) atoms. The van der Waals surface area contributed by atoms with Crippen molar-refractivity contribution in [3.05, 3.63) is 77.1 Å². The molecule has 6 N–H and O–H groups in total. The normalized spacial score (nSPS) is 18.0. The maximum atomic E-state index is 12.2. The molecular formula is C34H42ClN3O7S. The number of halogens is 1. The van der Waals surface area contributed by atoms with Gasteiger partial charge in [-0.05, 0) is 72.7 Å². The van der Waals surface area contributed by atoms with Crippen molar-refractivity contribution in [1.82, 2.24) is 15.2 Å². The number of hydrogen-bond acceptors (Lipinski definition) is 10. The molecule has 1 heterocycles. The van der Waals surface area contributed by atoms with Crippen LogP contribution in [-0.2, 0) is 16.9 Å². The Morgan fingerprint density at radius 2 is 1.83 bits per heavy atom. The number of aromatic nitrogens is 1. The number of para-hydroxylation sites is 1. The molecule has 2 aromatic carbocycles. The Kier molecular flexibility index (Phi) is 11.6. The maximum absolute atomic E-state index is 12.2. The number of aliphatic hydroxyl groups is 5. The van der Waals surface area contributed by atoms with Gasteiger partial charge < -0.3 is 40.5 Å². The molecule has 0 radical (unpaired) electrons. The van der Waals surface area contributed by atoms with Crippen LogP contribution < -0.4 is 10.1 Å². The molecule has 2 aliphatic rings. The van der Waals surface area contributed by atoms with Crippen molar-refractivity contribution >= 4 is 29.3 Å². The number of carbonyl (C=O) groups is 1. The highest BCUT2D eigenvalue weighted by Crippen LogP contribution is 2.50. The largest absolute Gasteiger partial charge is 0.490 e. The van der Waals surface area contributed by atoms with Crippen molar-refractivity contribution in [3.63, 3.8) is 0 Å². The predicted molar refractivity (Wildman–Crippen MR) is 177 cm³/mol. The predicted octanol–water partition coefficient (Wildman–Crippen LogP) is 3.10. The van der Waals surface area contributed by atoms with Gasteiger partial charge in [0.1, 0.15) is 30.2 Å². The van der Waals surface area contributed by atoms with E-state index >= 15 is 0 Å². The fourth-order valence-electron chi connectivity index (χ4n) is 5.42. The fourth-order valence-corrected chi connectivity index (χ4v) is 6.54. The number of rotatable bonds is 17. The zero-order valence-electron chi connectivity index (χ0n) is 25.8. The zero-order valence-corrected chi connectivity index (χ0v) is 27.3. The van der Waals surface area contributed by atoms with Crippen molar-refractivity contribution in [2.24, 2.45) is 0 Å². The second kappa shape index (κ2) is 15.4. The molecule has 0 bridgehead atoms. The number of amides is 1. The average molecular weight is 672 g/mol. The summed E-state index contributed by atoms with van der Waals surface area (Å²) in [5.74, 6) is 1.09. The Hall–Kier alpha value is -2.74. The highest BCUT2D eigenvalue weighted by atomic mass is 35.5. The Labute approximate surface area is 278 Å². The van der Waals surface area contributed by atoms with Crippen molar-refractivity contribution in [1.29, 1.82) is 0 Å². The topological polar surface area (TPSA) is 156 Å². The SMILES string of the molecule is CC(=O)N(CCSc1ccc(Cl)c(CNC2(c3cnccc3-c3ccccc3OC3CC3)CC2)c1)C[C@H](O)[C@@H](O)[C@H](O)[C@H](O)CO. The molecule has 0 aliphatic heterocycles. The van der Waals surface area contributed by atoms with Gasteiger partial charge in [-0.25, -0.2) is 0 Å². The van der Waals surface area contributed by atoms with Crippen molar-refractivity contribution < 1.29 is 35.1 Å². The average Bonchev–Trinajstić information content (AvgIpc) is 4.01. The molecule has 0 spiro atoms. The molecule has 12 heteroatoms. The molecule has 0 saturated heterocycles. The molecule has 2 aliphatic carbocycles. The summed E-state index contributed by atoms with van der Waals surface area (Å²) in [6.07, 6.45) is 1.59. The Morgan fingerprint density at radius 3 is 2.52 bits per heavy atom. The third-order valence-corrected chi connectivity index (χ3v) is 9.87. The number of carbonyl (C=O) groups excluding carboxylic acids is 1. The Balaban J connectivity index is 1.21. The molecular weight excluding hydrogens is 630 g/mol. The van der Waals surface area contributed by atoms with Crippen LogP contribution in [0.15, 0.2) is 65.8 Å². The van der Waals surface area contributed by atoms with Gasteiger partial charge in [-0.15, -0.1) is 11.8 Å². The third kappa shape index (κ3) is 8.59. The molecule has 2 saturated carbocycles. The summed E-state index contributed by atoms with van der Waals surface area (Å²) >= 11 is 8.15. The molecule has 4 atom stereocenters. The monoisotopic (exact) mass is 671 g/mol. The van der Waals surface area contributed by atoms with Crippen molar-refractivity contribution in [2.45, 2.75) is 80.1 Å². The minimum absolute atomic E-state index is 0.225.